The van der Waals surface area contributed by atoms with Crippen LogP contribution < -0.4 is 5.32 Å². The number of benzene rings is 1. The fourth-order valence-corrected chi connectivity index (χ4v) is 5.25. The van der Waals surface area contributed by atoms with Crippen LogP contribution in [-0.4, -0.2) is 45.5 Å². The number of hydrogen-bond acceptors (Lipinski definition) is 4. The molecule has 1 aliphatic heterocycles. The Morgan fingerprint density at radius 1 is 1.00 bits per heavy atom. The minimum absolute atomic E-state index is 0.0732. The number of hydrogen-bond donors (Lipinski definition) is 2. The van der Waals surface area contributed by atoms with Gasteiger partial charge in [0.25, 0.3) is 0 Å². The zero-order valence-corrected chi connectivity index (χ0v) is 24.0. The van der Waals surface area contributed by atoms with Gasteiger partial charge < -0.3 is 14.6 Å². The molecule has 7 heteroatoms. The van der Waals surface area contributed by atoms with Gasteiger partial charge in [0.1, 0.15) is 17.5 Å². The summed E-state index contributed by atoms with van der Waals surface area (Å²) in [6.07, 6.45) is 15.8. The van der Waals surface area contributed by atoms with Gasteiger partial charge in [0.15, 0.2) is 0 Å². The monoisotopic (exact) mass is 524 g/mol. The first-order valence-electron chi connectivity index (χ1n) is 14.7. The highest BCUT2D eigenvalue weighted by molar-refractivity contribution is 6.14. The summed E-state index contributed by atoms with van der Waals surface area (Å²) in [5.41, 5.74) is 1.17. The van der Waals surface area contributed by atoms with E-state index < -0.39 is 17.7 Å². The first kappa shape index (κ1) is 29.7. The third-order valence-corrected chi connectivity index (χ3v) is 7.24. The van der Waals surface area contributed by atoms with Crippen molar-refractivity contribution in [3.05, 3.63) is 36.0 Å². The fraction of sp³-hybridized carbons (Fsp3) is 0.645. The molecule has 0 bridgehead atoms. The summed E-state index contributed by atoms with van der Waals surface area (Å²) in [7, 11) is 0. The highest BCUT2D eigenvalue weighted by Gasteiger charge is 2.37. The van der Waals surface area contributed by atoms with E-state index >= 15 is 0 Å². The Morgan fingerprint density at radius 2 is 1.63 bits per heavy atom. The van der Waals surface area contributed by atoms with Gasteiger partial charge in [-0.2, -0.15) is 0 Å². The lowest BCUT2D eigenvalue weighted by molar-refractivity contribution is -0.124. The quantitative estimate of drug-likeness (QED) is 0.162. The standard InChI is InChI=1S/C31H48N4O3/c1-5-6-7-8-9-10-11-12-13-16-21-34-23-25(24-18-14-15-19-26(24)34)28(32)33-29(36)27-20-17-22-35(27)30(37)38-31(2,3)4/h14-15,18-19,23,27H,5-13,16-17,20-22H2,1-4H3,(H2,32,33,36)/t27-/m0/s1. The molecule has 0 unspecified atom stereocenters. The van der Waals surface area contributed by atoms with Gasteiger partial charge in [-0.25, -0.2) is 4.79 Å². The van der Waals surface area contributed by atoms with Crippen molar-refractivity contribution in [2.75, 3.05) is 6.54 Å². The van der Waals surface area contributed by atoms with Gasteiger partial charge in [-0.05, 0) is 46.1 Å². The average Bonchev–Trinajstić information content (AvgIpc) is 3.50. The van der Waals surface area contributed by atoms with Gasteiger partial charge in [-0.15, -0.1) is 0 Å². The largest absolute Gasteiger partial charge is 0.444 e. The zero-order chi connectivity index (χ0) is 27.5. The topological polar surface area (TPSA) is 87.4 Å². The number of amides is 2. The maximum absolute atomic E-state index is 13.1. The molecule has 0 saturated carbocycles. The van der Waals surface area contributed by atoms with Crippen molar-refractivity contribution in [3.8, 4) is 0 Å². The van der Waals surface area contributed by atoms with E-state index in [0.717, 1.165) is 30.3 Å². The van der Waals surface area contributed by atoms with E-state index in [4.69, 9.17) is 10.1 Å². The van der Waals surface area contributed by atoms with Crippen molar-refractivity contribution in [1.29, 1.82) is 5.41 Å². The molecule has 2 heterocycles. The number of aromatic nitrogens is 1. The van der Waals surface area contributed by atoms with Crippen LogP contribution >= 0.6 is 0 Å². The predicted octanol–water partition coefficient (Wildman–Crippen LogP) is 7.40. The SMILES string of the molecule is CCCCCCCCCCCCn1cc(C(=N)NC(=O)[C@@H]2CCCN2C(=O)OC(C)(C)C)c2ccccc21. The van der Waals surface area contributed by atoms with Crippen LogP contribution in [0.1, 0.15) is 110 Å². The summed E-state index contributed by atoms with van der Waals surface area (Å²) in [6.45, 7) is 9.09. The molecule has 2 N–H and O–H groups in total. The number of carbonyl (C=O) groups is 2. The molecule has 2 amide bonds. The van der Waals surface area contributed by atoms with E-state index in [9.17, 15) is 9.59 Å². The Morgan fingerprint density at radius 3 is 2.29 bits per heavy atom. The highest BCUT2D eigenvalue weighted by Crippen LogP contribution is 2.24. The molecular formula is C31H48N4O3. The average molecular weight is 525 g/mol. The smallest absolute Gasteiger partial charge is 0.410 e. The van der Waals surface area contributed by atoms with E-state index in [1.54, 1.807) is 0 Å². The predicted molar refractivity (Wildman–Crippen MR) is 155 cm³/mol. The fourth-order valence-electron chi connectivity index (χ4n) is 5.25. The van der Waals surface area contributed by atoms with Crippen molar-refractivity contribution < 1.29 is 14.3 Å². The molecule has 2 aromatic rings. The van der Waals surface area contributed by atoms with Gasteiger partial charge in [-0.1, -0.05) is 82.9 Å². The third-order valence-electron chi connectivity index (χ3n) is 7.24. The maximum Gasteiger partial charge on any atom is 0.410 e. The lowest BCUT2D eigenvalue weighted by Gasteiger charge is -2.28. The van der Waals surface area contributed by atoms with E-state index in [-0.39, 0.29) is 11.7 Å². The number of nitrogens with zero attached hydrogens (tertiary/aromatic N) is 2. The number of rotatable bonds is 13. The summed E-state index contributed by atoms with van der Waals surface area (Å²) >= 11 is 0. The molecule has 0 radical (unpaired) electrons. The molecule has 38 heavy (non-hydrogen) atoms. The van der Waals surface area contributed by atoms with Crippen LogP contribution in [0.15, 0.2) is 30.5 Å². The highest BCUT2D eigenvalue weighted by atomic mass is 16.6. The number of likely N-dealkylation sites (tertiary alicyclic amines) is 1. The number of nitrogens with one attached hydrogen (secondary N) is 2. The molecule has 0 aliphatic carbocycles. The molecule has 210 valence electrons. The Labute approximate surface area is 228 Å². The second-order valence-corrected chi connectivity index (χ2v) is 11.6. The number of aryl methyl sites for hydroxylation is 1. The summed E-state index contributed by atoms with van der Waals surface area (Å²) < 4.78 is 7.70. The summed E-state index contributed by atoms with van der Waals surface area (Å²) in [5, 5.41) is 12.4. The van der Waals surface area contributed by atoms with Gasteiger partial charge in [0.2, 0.25) is 5.91 Å². The van der Waals surface area contributed by atoms with Gasteiger partial charge in [0, 0.05) is 35.8 Å². The van der Waals surface area contributed by atoms with Crippen molar-refractivity contribution in [2.45, 2.75) is 123 Å². The Hall–Kier alpha value is -2.83. The zero-order valence-electron chi connectivity index (χ0n) is 24.0. The molecule has 1 aromatic carbocycles. The Kier molecular flexibility index (Phi) is 11.2. The van der Waals surface area contributed by atoms with Crippen LogP contribution in [0.5, 0.6) is 0 Å². The van der Waals surface area contributed by atoms with E-state index in [1.165, 1.54) is 62.7 Å². The Bertz CT molecular complexity index is 1070. The van der Waals surface area contributed by atoms with Crippen molar-refractivity contribution >= 4 is 28.7 Å². The van der Waals surface area contributed by atoms with Gasteiger partial charge in [-0.3, -0.25) is 15.1 Å². The number of fused-ring (bicyclic) bond motifs is 1. The first-order chi connectivity index (χ1) is 18.2. The number of carbonyl (C=O) groups excluding carboxylic acids is 2. The van der Waals surface area contributed by atoms with E-state index in [2.05, 4.69) is 22.9 Å². The van der Waals surface area contributed by atoms with Crippen molar-refractivity contribution in [2.24, 2.45) is 0 Å². The summed E-state index contributed by atoms with van der Waals surface area (Å²) in [6, 6.07) is 7.44. The van der Waals surface area contributed by atoms with E-state index in [1.807, 2.05) is 45.2 Å². The maximum atomic E-state index is 13.1. The van der Waals surface area contributed by atoms with Gasteiger partial charge in [0.05, 0.1) is 0 Å². The molecule has 3 rings (SSSR count). The summed E-state index contributed by atoms with van der Waals surface area (Å²) in [4.78, 5) is 27.2. The molecule has 0 spiro atoms. The van der Waals surface area contributed by atoms with Crippen LogP contribution in [-0.2, 0) is 16.1 Å². The van der Waals surface area contributed by atoms with Crippen molar-refractivity contribution in [3.63, 3.8) is 0 Å². The first-order valence-corrected chi connectivity index (χ1v) is 14.7. The lowest BCUT2D eigenvalue weighted by atomic mass is 10.1. The number of unbranched alkanes of at least 4 members (excludes halogenated alkanes) is 9. The molecule has 1 aliphatic rings. The molecule has 1 aromatic heterocycles. The normalized spacial score (nSPS) is 15.7. The van der Waals surface area contributed by atoms with Crippen LogP contribution in [0.4, 0.5) is 4.79 Å². The third kappa shape index (κ3) is 8.60. The number of para-hydroxylation sites is 1. The van der Waals surface area contributed by atoms with E-state index in [0.29, 0.717) is 18.5 Å². The van der Waals surface area contributed by atoms with Crippen LogP contribution in [0.25, 0.3) is 10.9 Å². The second-order valence-electron chi connectivity index (χ2n) is 11.6. The molecular weight excluding hydrogens is 476 g/mol. The second kappa shape index (κ2) is 14.4. The van der Waals surface area contributed by atoms with Crippen LogP contribution in [0.2, 0.25) is 0 Å². The lowest BCUT2D eigenvalue weighted by Crippen LogP contribution is -2.48. The Balaban J connectivity index is 1.54. The number of ether oxygens (including phenoxy) is 1. The van der Waals surface area contributed by atoms with Gasteiger partial charge >= 0.3 is 6.09 Å². The minimum Gasteiger partial charge on any atom is -0.444 e. The molecule has 1 fully saturated rings. The summed E-state index contributed by atoms with van der Waals surface area (Å²) in [5.74, 6) is -0.256. The molecule has 1 atom stereocenters. The van der Waals surface area contributed by atoms with Crippen LogP contribution in [0, 0.1) is 5.41 Å². The molecule has 1 saturated heterocycles. The molecule has 7 nitrogen and oxygen atoms in total. The number of amidine groups is 1. The van der Waals surface area contributed by atoms with Crippen LogP contribution in [0.3, 0.4) is 0 Å². The van der Waals surface area contributed by atoms with Crippen molar-refractivity contribution in [1.82, 2.24) is 14.8 Å². The minimum atomic E-state index is -0.622.